The van der Waals surface area contributed by atoms with E-state index >= 15 is 0 Å². The molecular formula is C25H27N3O6S. The molecule has 0 aliphatic rings. The third-order valence-electron chi connectivity index (χ3n) is 4.85. The summed E-state index contributed by atoms with van der Waals surface area (Å²) >= 11 is 0. The molecule has 0 aromatic heterocycles. The molecule has 3 aromatic rings. The lowest BCUT2D eigenvalue weighted by Gasteiger charge is -2.13. The van der Waals surface area contributed by atoms with Crippen molar-refractivity contribution in [3.8, 4) is 11.5 Å². The first-order valence-corrected chi connectivity index (χ1v) is 12.3. The molecule has 9 nitrogen and oxygen atoms in total. The highest BCUT2D eigenvalue weighted by Crippen LogP contribution is 2.24. The highest BCUT2D eigenvalue weighted by molar-refractivity contribution is 7.92. The van der Waals surface area contributed by atoms with Gasteiger partial charge in [0.15, 0.2) is 6.61 Å². The van der Waals surface area contributed by atoms with Gasteiger partial charge < -0.3 is 20.5 Å². The molecule has 0 saturated heterocycles. The van der Waals surface area contributed by atoms with Crippen LogP contribution in [0.5, 0.6) is 11.5 Å². The van der Waals surface area contributed by atoms with Gasteiger partial charge in [-0.25, -0.2) is 8.42 Å². The molecule has 0 heterocycles. The molecule has 2 amide bonds. The fourth-order valence-electron chi connectivity index (χ4n) is 3.20. The van der Waals surface area contributed by atoms with E-state index in [1.165, 1.54) is 18.2 Å². The van der Waals surface area contributed by atoms with E-state index in [4.69, 9.17) is 15.2 Å². The smallest absolute Gasteiger partial charge is 0.262 e. The summed E-state index contributed by atoms with van der Waals surface area (Å²) in [4.78, 5) is 23.3. The molecular weight excluding hydrogens is 470 g/mol. The van der Waals surface area contributed by atoms with Crippen LogP contribution in [0.25, 0.3) is 0 Å². The summed E-state index contributed by atoms with van der Waals surface area (Å²) < 4.78 is 39.0. The number of nitrogens with two attached hydrogens (primary N) is 1. The molecule has 35 heavy (non-hydrogen) atoms. The van der Waals surface area contributed by atoms with Crippen LogP contribution in [0.15, 0.2) is 71.6 Å². The molecule has 3 aromatic carbocycles. The van der Waals surface area contributed by atoms with Gasteiger partial charge in [0.2, 0.25) is 5.91 Å². The highest BCUT2D eigenvalue weighted by atomic mass is 32.2. The maximum Gasteiger partial charge on any atom is 0.262 e. The number of hydrogen-bond donors (Lipinski definition) is 3. The molecule has 0 fully saturated rings. The van der Waals surface area contributed by atoms with Gasteiger partial charge in [-0.1, -0.05) is 12.1 Å². The molecule has 0 unspecified atom stereocenters. The topological polar surface area (TPSA) is 137 Å². The standard InChI is InChI=1S/C25H27N3O6S/c1-3-33-21-10-8-20(9-11-21)28-35(31,32)22-12-13-23(17(2)14-22)34-16-25(30)27-19-6-4-18(5-7-19)15-24(26)29/h4-14,28H,3,15-16H2,1-2H3,(H2,26,29)(H,27,30). The maximum atomic E-state index is 12.8. The van der Waals surface area contributed by atoms with Gasteiger partial charge in [-0.05, 0) is 79.6 Å². The van der Waals surface area contributed by atoms with Crippen LogP contribution in [0.1, 0.15) is 18.1 Å². The van der Waals surface area contributed by atoms with Gasteiger partial charge in [0, 0.05) is 11.4 Å². The quantitative estimate of drug-likeness (QED) is 0.372. The van der Waals surface area contributed by atoms with Crippen molar-refractivity contribution in [3.63, 3.8) is 0 Å². The number of hydrogen-bond acceptors (Lipinski definition) is 6. The highest BCUT2D eigenvalue weighted by Gasteiger charge is 2.16. The van der Waals surface area contributed by atoms with Crippen LogP contribution in [0, 0.1) is 6.92 Å². The zero-order valence-corrected chi connectivity index (χ0v) is 20.2. The van der Waals surface area contributed by atoms with E-state index < -0.39 is 15.9 Å². The minimum Gasteiger partial charge on any atom is -0.494 e. The van der Waals surface area contributed by atoms with E-state index in [0.29, 0.717) is 35.0 Å². The second-order valence-electron chi connectivity index (χ2n) is 7.67. The lowest BCUT2D eigenvalue weighted by Crippen LogP contribution is -2.20. The van der Waals surface area contributed by atoms with Crippen molar-refractivity contribution in [1.29, 1.82) is 0 Å². The number of rotatable bonds is 11. The first-order chi connectivity index (χ1) is 16.7. The Morgan fingerprint density at radius 1 is 0.914 bits per heavy atom. The molecule has 0 bridgehead atoms. The molecule has 184 valence electrons. The van der Waals surface area contributed by atoms with Crippen molar-refractivity contribution < 1.29 is 27.5 Å². The second kappa shape index (κ2) is 11.4. The average molecular weight is 498 g/mol. The summed E-state index contributed by atoms with van der Waals surface area (Å²) in [7, 11) is -3.82. The first kappa shape index (κ1) is 25.6. The van der Waals surface area contributed by atoms with Crippen LogP contribution >= 0.6 is 0 Å². The van der Waals surface area contributed by atoms with Crippen LogP contribution in [-0.2, 0) is 26.0 Å². The number of anilines is 2. The Bertz CT molecular complexity index is 1290. The number of sulfonamides is 1. The minimum atomic E-state index is -3.82. The van der Waals surface area contributed by atoms with E-state index in [1.54, 1.807) is 55.5 Å². The van der Waals surface area contributed by atoms with Crippen LogP contribution in [0.3, 0.4) is 0 Å². The maximum absolute atomic E-state index is 12.8. The SMILES string of the molecule is CCOc1ccc(NS(=O)(=O)c2ccc(OCC(=O)Nc3ccc(CC(N)=O)cc3)c(C)c2)cc1. The van der Waals surface area contributed by atoms with Crippen molar-refractivity contribution in [2.24, 2.45) is 5.73 Å². The van der Waals surface area contributed by atoms with Crippen LogP contribution < -0.4 is 25.2 Å². The molecule has 0 atom stereocenters. The lowest BCUT2D eigenvalue weighted by atomic mass is 10.1. The zero-order chi connectivity index (χ0) is 25.4. The monoisotopic (exact) mass is 497 g/mol. The molecule has 0 saturated carbocycles. The molecule has 0 aliphatic heterocycles. The molecule has 10 heteroatoms. The number of aryl methyl sites for hydroxylation is 1. The average Bonchev–Trinajstić information content (AvgIpc) is 2.80. The summed E-state index contributed by atoms with van der Waals surface area (Å²) in [6, 6.07) is 17.7. The first-order valence-electron chi connectivity index (χ1n) is 10.8. The van der Waals surface area contributed by atoms with Gasteiger partial charge in [-0.15, -0.1) is 0 Å². The fourth-order valence-corrected chi connectivity index (χ4v) is 4.34. The summed E-state index contributed by atoms with van der Waals surface area (Å²) in [5.74, 6) is 0.214. The number of primary amides is 1. The normalized spacial score (nSPS) is 10.9. The molecule has 0 spiro atoms. The van der Waals surface area contributed by atoms with E-state index in [-0.39, 0.29) is 23.8 Å². The van der Waals surface area contributed by atoms with Gasteiger partial charge in [0.1, 0.15) is 11.5 Å². The molecule has 3 rings (SSSR count). The summed E-state index contributed by atoms with van der Waals surface area (Å²) in [5, 5.41) is 2.69. The third-order valence-corrected chi connectivity index (χ3v) is 6.23. The Morgan fingerprint density at radius 2 is 1.57 bits per heavy atom. The van der Waals surface area contributed by atoms with Gasteiger partial charge in [0.05, 0.1) is 17.9 Å². The van der Waals surface area contributed by atoms with Gasteiger partial charge in [0.25, 0.3) is 15.9 Å². The van der Waals surface area contributed by atoms with E-state index in [2.05, 4.69) is 10.0 Å². The van der Waals surface area contributed by atoms with Gasteiger partial charge in [-0.3, -0.25) is 14.3 Å². The summed E-state index contributed by atoms with van der Waals surface area (Å²) in [6.07, 6.45) is 0.123. The molecule has 0 aliphatic carbocycles. The number of carbonyl (C=O) groups excluding carboxylic acids is 2. The van der Waals surface area contributed by atoms with Crippen molar-refractivity contribution >= 4 is 33.2 Å². The summed E-state index contributed by atoms with van der Waals surface area (Å²) in [6.45, 7) is 3.82. The number of nitrogens with one attached hydrogen (secondary N) is 2. The predicted octanol–water partition coefficient (Wildman–Crippen LogP) is 3.24. The minimum absolute atomic E-state index is 0.0664. The van der Waals surface area contributed by atoms with E-state index in [1.807, 2.05) is 6.92 Å². The molecule has 4 N–H and O–H groups in total. The number of amides is 2. The second-order valence-corrected chi connectivity index (χ2v) is 9.35. The number of ether oxygens (including phenoxy) is 2. The van der Waals surface area contributed by atoms with Crippen LogP contribution in [0.4, 0.5) is 11.4 Å². The largest absolute Gasteiger partial charge is 0.494 e. The van der Waals surface area contributed by atoms with Crippen LogP contribution in [0.2, 0.25) is 0 Å². The van der Waals surface area contributed by atoms with Crippen molar-refractivity contribution in [2.75, 3.05) is 23.3 Å². The van der Waals surface area contributed by atoms with E-state index in [0.717, 1.165) is 5.56 Å². The summed E-state index contributed by atoms with van der Waals surface area (Å²) in [5.41, 5.74) is 7.42. The number of benzene rings is 3. The van der Waals surface area contributed by atoms with Crippen molar-refractivity contribution in [3.05, 3.63) is 77.9 Å². The van der Waals surface area contributed by atoms with Crippen molar-refractivity contribution in [2.45, 2.75) is 25.2 Å². The Labute approximate surface area is 204 Å². The lowest BCUT2D eigenvalue weighted by molar-refractivity contribution is -0.118. The molecule has 0 radical (unpaired) electrons. The van der Waals surface area contributed by atoms with E-state index in [9.17, 15) is 18.0 Å². The number of carbonyl (C=O) groups is 2. The van der Waals surface area contributed by atoms with Crippen LogP contribution in [-0.4, -0.2) is 33.4 Å². The fraction of sp³-hybridized carbons (Fsp3) is 0.200. The Hall–Kier alpha value is -4.05. The van der Waals surface area contributed by atoms with Gasteiger partial charge in [-0.2, -0.15) is 0 Å². The zero-order valence-electron chi connectivity index (χ0n) is 19.4. The predicted molar refractivity (Wildman–Crippen MR) is 133 cm³/mol. The third kappa shape index (κ3) is 7.47. The Morgan fingerprint density at radius 3 is 2.17 bits per heavy atom. The van der Waals surface area contributed by atoms with Gasteiger partial charge >= 0.3 is 0 Å². The Balaban J connectivity index is 1.58. The van der Waals surface area contributed by atoms with Crippen molar-refractivity contribution in [1.82, 2.24) is 0 Å². The Kier molecular flexibility index (Phi) is 8.32.